The molecule has 4 fully saturated rings. The molecule has 4 aliphatic rings. The Kier molecular flexibility index (Phi) is 23.5. The molecule has 8 atom stereocenters. The number of nitrogens with one attached hydrogen (secondary N) is 5. The van der Waals surface area contributed by atoms with Crippen molar-refractivity contribution in [1.29, 1.82) is 0 Å². The minimum atomic E-state index is -1.18. The molecule has 0 radical (unpaired) electrons. The highest BCUT2D eigenvalue weighted by Crippen LogP contribution is 2.25. The monoisotopic (exact) mass is 1010 g/mol. The first-order valence-corrected chi connectivity index (χ1v) is 24.9. The molecule has 0 aromatic heterocycles. The predicted molar refractivity (Wildman–Crippen MR) is 269 cm³/mol. The number of rotatable bonds is 28. The topological polar surface area (TPSA) is 464 Å². The molecular weight excluding hydrogens is 937 g/mol. The molecule has 21 N–H and O–H groups in total. The van der Waals surface area contributed by atoms with Gasteiger partial charge in [-0.25, -0.2) is 0 Å². The number of likely N-dealkylation sites (tertiary alicyclic amines) is 3. The Hall–Kier alpha value is -7.00. The molecule has 4 saturated heterocycles. The standard InChI is InChI=1S/C44H78N20O8/c45-41(46)54-18-1-9-26(25-65)58-35(67)31-14-6-22-62(31)39(71)29(12-4-20-56-43(49)50)60-37(69)33-16-8-24-64(33)40(72)30(13-5-21-57-44(51)52)61-36(68)32-15-7-23-63(32)38(70)28(11-3-19-55-42(47)48)59-34(66)27-10-2-17-53-27/h25-33,53H,1-24H2,(H,58,67)(H,59,66)(H,60,69)(H,61,68)(H4,45,46,54)(H4,47,48,55)(H4,49,50,56)(H4,51,52,57)/t26-,27-,28-,29-,30-,31-,32-,33-/m0/s1. The van der Waals surface area contributed by atoms with Crippen LogP contribution in [-0.4, -0.2) is 187 Å². The van der Waals surface area contributed by atoms with Crippen molar-refractivity contribution < 1.29 is 38.4 Å². The summed E-state index contributed by atoms with van der Waals surface area (Å²) < 4.78 is 0. The van der Waals surface area contributed by atoms with Crippen molar-refractivity contribution in [2.24, 2.45) is 65.8 Å². The first-order valence-electron chi connectivity index (χ1n) is 24.9. The van der Waals surface area contributed by atoms with E-state index in [1.54, 1.807) is 0 Å². The van der Waals surface area contributed by atoms with Gasteiger partial charge >= 0.3 is 0 Å². The van der Waals surface area contributed by atoms with E-state index in [1.807, 2.05) is 0 Å². The van der Waals surface area contributed by atoms with Gasteiger partial charge in [0.2, 0.25) is 41.4 Å². The molecule has 7 amide bonds. The first-order chi connectivity index (χ1) is 34.4. The number of hydrogen-bond acceptors (Lipinski definition) is 13. The molecule has 28 nitrogen and oxygen atoms in total. The lowest BCUT2D eigenvalue weighted by molar-refractivity contribution is -0.145. The number of nitrogens with zero attached hydrogens (tertiary/aromatic N) is 7. The lowest BCUT2D eigenvalue weighted by Crippen LogP contribution is -2.59. The molecule has 72 heavy (non-hydrogen) atoms. The Balaban J connectivity index is 1.51. The molecule has 0 aromatic carbocycles. The first kappa shape index (κ1) is 57.6. The second-order valence-electron chi connectivity index (χ2n) is 18.4. The van der Waals surface area contributed by atoms with Crippen LogP contribution in [0.3, 0.4) is 0 Å². The highest BCUT2D eigenvalue weighted by atomic mass is 16.2. The van der Waals surface area contributed by atoms with E-state index in [1.165, 1.54) is 14.7 Å². The van der Waals surface area contributed by atoms with Crippen LogP contribution >= 0.6 is 0 Å². The number of carbonyl (C=O) groups excluding carboxylic acids is 8. The van der Waals surface area contributed by atoms with Crippen molar-refractivity contribution in [3.63, 3.8) is 0 Å². The summed E-state index contributed by atoms with van der Waals surface area (Å²) in [5.41, 5.74) is 44.0. The van der Waals surface area contributed by atoms with Gasteiger partial charge in [0.1, 0.15) is 42.5 Å². The molecular formula is C44H78N20O8. The van der Waals surface area contributed by atoms with Crippen LogP contribution in [0.1, 0.15) is 103 Å². The molecule has 0 saturated carbocycles. The molecule has 0 spiro atoms. The average Bonchev–Trinajstić information content (AvgIpc) is 4.20. The second kappa shape index (κ2) is 29.4. The number of hydrogen-bond donors (Lipinski definition) is 13. The molecule has 402 valence electrons. The van der Waals surface area contributed by atoms with Crippen LogP contribution in [-0.2, 0) is 38.4 Å². The van der Waals surface area contributed by atoms with E-state index in [2.05, 4.69) is 46.6 Å². The largest absolute Gasteiger partial charge is 0.370 e. The Morgan fingerprint density at radius 2 is 0.806 bits per heavy atom. The molecule has 4 aliphatic heterocycles. The molecule has 0 bridgehead atoms. The van der Waals surface area contributed by atoms with Crippen LogP contribution in [0.2, 0.25) is 0 Å². The lowest BCUT2D eigenvalue weighted by atomic mass is 10.1. The average molecular weight is 1020 g/mol. The van der Waals surface area contributed by atoms with Gasteiger partial charge in [0, 0.05) is 45.8 Å². The molecule has 0 unspecified atom stereocenters. The molecule has 4 heterocycles. The van der Waals surface area contributed by atoms with E-state index in [0.717, 1.165) is 6.42 Å². The lowest BCUT2D eigenvalue weighted by Gasteiger charge is -2.33. The Morgan fingerprint density at radius 1 is 0.472 bits per heavy atom. The van der Waals surface area contributed by atoms with Crippen molar-refractivity contribution in [3.8, 4) is 0 Å². The van der Waals surface area contributed by atoms with Crippen LogP contribution in [0.5, 0.6) is 0 Å². The summed E-state index contributed by atoms with van der Waals surface area (Å²) in [5, 5.41) is 14.4. The highest BCUT2D eigenvalue weighted by molar-refractivity contribution is 5.98. The number of aldehydes is 1. The number of nitrogens with two attached hydrogens (primary N) is 8. The van der Waals surface area contributed by atoms with Gasteiger partial charge in [-0.1, -0.05) is 0 Å². The Morgan fingerprint density at radius 3 is 1.12 bits per heavy atom. The third-order valence-corrected chi connectivity index (χ3v) is 13.0. The van der Waals surface area contributed by atoms with Crippen molar-refractivity contribution in [2.45, 2.75) is 151 Å². The maximum Gasteiger partial charge on any atom is 0.245 e. The van der Waals surface area contributed by atoms with Crippen LogP contribution < -0.4 is 72.5 Å². The summed E-state index contributed by atoms with van der Waals surface area (Å²) >= 11 is 0. The van der Waals surface area contributed by atoms with Crippen LogP contribution in [0.4, 0.5) is 0 Å². The number of amides is 7. The molecule has 0 aliphatic carbocycles. The number of aliphatic imine (C=N–C) groups is 4. The van der Waals surface area contributed by atoms with Crippen molar-refractivity contribution in [2.75, 3.05) is 52.4 Å². The summed E-state index contributed by atoms with van der Waals surface area (Å²) in [6.45, 7) is 2.00. The third-order valence-electron chi connectivity index (χ3n) is 13.0. The van der Waals surface area contributed by atoms with E-state index in [4.69, 9.17) is 45.9 Å². The smallest absolute Gasteiger partial charge is 0.245 e. The third kappa shape index (κ3) is 18.0. The van der Waals surface area contributed by atoms with Gasteiger partial charge in [-0.15, -0.1) is 0 Å². The number of carbonyl (C=O) groups is 8. The number of guanidine groups is 4. The quantitative estimate of drug-likeness (QED) is 0.0150. The summed E-state index contributed by atoms with van der Waals surface area (Å²) in [7, 11) is 0. The maximum atomic E-state index is 14.6. The van der Waals surface area contributed by atoms with Crippen LogP contribution in [0, 0.1) is 0 Å². The minimum absolute atomic E-state index is 0.0657. The van der Waals surface area contributed by atoms with Crippen LogP contribution in [0.25, 0.3) is 0 Å². The second-order valence-corrected chi connectivity index (χ2v) is 18.4. The van der Waals surface area contributed by atoms with Crippen molar-refractivity contribution in [1.82, 2.24) is 41.3 Å². The SMILES string of the molecule is NC(N)=NCCC[C@@H](C=O)NC(=O)[C@@H]1CCCN1C(=O)[C@H](CCCN=C(N)N)NC(=O)[C@@H]1CCCN1C(=O)[C@H](CCCN=C(N)N)NC(=O)[C@@H]1CCCN1C(=O)[C@H](CCCN=C(N)N)NC(=O)[C@@H]1CCCN1. The Labute approximate surface area is 419 Å². The maximum absolute atomic E-state index is 14.6. The van der Waals surface area contributed by atoms with Crippen LogP contribution in [0.15, 0.2) is 20.0 Å². The summed E-state index contributed by atoms with van der Waals surface area (Å²) in [6.07, 6.45) is 6.17. The van der Waals surface area contributed by atoms with Gasteiger partial charge in [-0.05, 0) is 109 Å². The molecule has 28 heteroatoms. The zero-order chi connectivity index (χ0) is 52.7. The van der Waals surface area contributed by atoms with Gasteiger partial charge in [-0.3, -0.25) is 53.5 Å². The Bertz CT molecular complexity index is 2000. The fraction of sp³-hybridized carbons (Fsp3) is 0.727. The van der Waals surface area contributed by atoms with E-state index >= 15 is 0 Å². The van der Waals surface area contributed by atoms with Gasteiger partial charge in [0.15, 0.2) is 23.8 Å². The fourth-order valence-corrected chi connectivity index (χ4v) is 9.48. The van der Waals surface area contributed by atoms with E-state index in [0.29, 0.717) is 57.8 Å². The van der Waals surface area contributed by atoms with Gasteiger partial charge in [0.05, 0.1) is 12.1 Å². The zero-order valence-corrected chi connectivity index (χ0v) is 41.2. The van der Waals surface area contributed by atoms with Crippen molar-refractivity contribution >= 4 is 71.5 Å². The normalized spacial score (nSPS) is 21.0. The zero-order valence-electron chi connectivity index (χ0n) is 41.2. The van der Waals surface area contributed by atoms with Gasteiger partial charge in [0.25, 0.3) is 0 Å². The van der Waals surface area contributed by atoms with Gasteiger partial charge in [-0.2, -0.15) is 0 Å². The summed E-state index contributed by atoms with van der Waals surface area (Å²) in [4.78, 5) is 131. The van der Waals surface area contributed by atoms with E-state index < -0.39 is 83.8 Å². The summed E-state index contributed by atoms with van der Waals surface area (Å²) in [6, 6.07) is -7.58. The fourth-order valence-electron chi connectivity index (χ4n) is 9.48. The van der Waals surface area contributed by atoms with Gasteiger partial charge < -0.3 is 91.9 Å². The highest BCUT2D eigenvalue weighted by Gasteiger charge is 2.44. The van der Waals surface area contributed by atoms with E-state index in [-0.39, 0.29) is 127 Å². The minimum Gasteiger partial charge on any atom is -0.370 e. The summed E-state index contributed by atoms with van der Waals surface area (Å²) in [5.74, 6) is -4.16. The molecule has 4 rings (SSSR count). The molecule has 0 aromatic rings. The van der Waals surface area contributed by atoms with E-state index in [9.17, 15) is 38.4 Å². The predicted octanol–water partition coefficient (Wildman–Crippen LogP) is -5.94. The van der Waals surface area contributed by atoms with Crippen molar-refractivity contribution in [3.05, 3.63) is 0 Å².